The average molecular weight is 402 g/mol. The van der Waals surface area contributed by atoms with Gasteiger partial charge in [-0.15, -0.1) is 0 Å². The second-order valence-electron chi connectivity index (χ2n) is 5.77. The molecule has 1 aromatic heterocycles. The summed E-state index contributed by atoms with van der Waals surface area (Å²) in [5, 5.41) is 3.01. The first-order valence-electron chi connectivity index (χ1n) is 7.96. The summed E-state index contributed by atoms with van der Waals surface area (Å²) in [6.07, 6.45) is 1.37. The molecule has 2 aromatic carbocycles. The molecule has 0 unspecified atom stereocenters. The molecule has 3 aromatic rings. The van der Waals surface area contributed by atoms with Crippen molar-refractivity contribution in [1.82, 2.24) is 4.98 Å². The van der Waals surface area contributed by atoms with Crippen LogP contribution in [0.25, 0.3) is 0 Å². The molecule has 1 heterocycles. The molecule has 0 bridgehead atoms. The second kappa shape index (κ2) is 7.77. The number of benzene rings is 2. The Morgan fingerprint density at radius 3 is 2.44 bits per heavy atom. The molecular weight excluding hydrogens is 386 g/mol. The first-order chi connectivity index (χ1) is 12.8. The van der Waals surface area contributed by atoms with E-state index >= 15 is 0 Å². The quantitative estimate of drug-likeness (QED) is 0.630. The predicted octanol–water partition coefficient (Wildman–Crippen LogP) is 4.10. The maximum Gasteiger partial charge on any atom is 0.261 e. The zero-order chi connectivity index (χ0) is 19.4. The van der Waals surface area contributed by atoms with Gasteiger partial charge in [-0.05, 0) is 48.9 Å². The number of carbonyl (C=O) groups excluding carboxylic acids is 1. The summed E-state index contributed by atoms with van der Waals surface area (Å²) in [5.41, 5.74) is 1.89. The molecule has 0 saturated carbocycles. The van der Waals surface area contributed by atoms with E-state index in [0.29, 0.717) is 22.1 Å². The number of amides is 1. The van der Waals surface area contributed by atoms with Crippen molar-refractivity contribution >= 4 is 38.9 Å². The van der Waals surface area contributed by atoms with Crippen molar-refractivity contribution in [3.8, 4) is 0 Å². The van der Waals surface area contributed by atoms with E-state index in [-0.39, 0.29) is 10.8 Å². The highest BCUT2D eigenvalue weighted by atomic mass is 35.5. The minimum Gasteiger partial charge on any atom is -0.322 e. The van der Waals surface area contributed by atoms with Crippen LogP contribution in [0.5, 0.6) is 0 Å². The standard InChI is InChI=1S/C19H16ClN3O3S/c1-13-7-9-15(22-19(24)14-8-10-18(20)21-12-14)11-17(13)23-27(25,26)16-5-3-2-4-6-16/h2-12,23H,1H3,(H,22,24). The molecule has 0 atom stereocenters. The number of anilines is 2. The van der Waals surface area contributed by atoms with Crippen molar-refractivity contribution in [1.29, 1.82) is 0 Å². The number of nitrogens with one attached hydrogen (secondary N) is 2. The topological polar surface area (TPSA) is 88.2 Å². The molecular formula is C19H16ClN3O3S. The summed E-state index contributed by atoms with van der Waals surface area (Å²) in [5.74, 6) is -0.375. The third-order valence-electron chi connectivity index (χ3n) is 3.78. The van der Waals surface area contributed by atoms with Crippen molar-refractivity contribution < 1.29 is 13.2 Å². The molecule has 0 aliphatic carbocycles. The Kier molecular flexibility index (Phi) is 5.43. The van der Waals surface area contributed by atoms with Crippen LogP contribution in [0.2, 0.25) is 5.15 Å². The van der Waals surface area contributed by atoms with E-state index in [1.807, 2.05) is 0 Å². The SMILES string of the molecule is Cc1ccc(NC(=O)c2ccc(Cl)nc2)cc1NS(=O)(=O)c1ccccc1. The Balaban J connectivity index is 1.82. The van der Waals surface area contributed by atoms with E-state index in [0.717, 1.165) is 5.56 Å². The molecule has 0 fully saturated rings. The van der Waals surface area contributed by atoms with E-state index < -0.39 is 10.0 Å². The van der Waals surface area contributed by atoms with Gasteiger partial charge in [0.2, 0.25) is 0 Å². The number of aromatic nitrogens is 1. The summed E-state index contributed by atoms with van der Waals surface area (Å²) in [7, 11) is -3.73. The van der Waals surface area contributed by atoms with Crippen LogP contribution in [0.15, 0.2) is 71.8 Å². The fourth-order valence-electron chi connectivity index (χ4n) is 2.33. The molecule has 1 amide bonds. The van der Waals surface area contributed by atoms with Crippen molar-refractivity contribution in [3.05, 3.63) is 83.1 Å². The van der Waals surface area contributed by atoms with Crippen molar-refractivity contribution in [2.24, 2.45) is 0 Å². The lowest BCUT2D eigenvalue weighted by molar-refractivity contribution is 0.102. The van der Waals surface area contributed by atoms with Crippen LogP contribution in [-0.2, 0) is 10.0 Å². The van der Waals surface area contributed by atoms with Crippen molar-refractivity contribution in [2.75, 3.05) is 10.0 Å². The zero-order valence-corrected chi connectivity index (χ0v) is 15.9. The van der Waals surface area contributed by atoms with E-state index in [4.69, 9.17) is 11.6 Å². The first kappa shape index (κ1) is 18.9. The molecule has 0 saturated heterocycles. The maximum atomic E-state index is 12.5. The van der Waals surface area contributed by atoms with Gasteiger partial charge in [0, 0.05) is 11.9 Å². The molecule has 8 heteroatoms. The number of carbonyl (C=O) groups is 1. The van der Waals surface area contributed by atoms with E-state index in [2.05, 4.69) is 15.0 Å². The van der Waals surface area contributed by atoms with Gasteiger partial charge in [-0.3, -0.25) is 9.52 Å². The Morgan fingerprint density at radius 2 is 1.78 bits per heavy atom. The van der Waals surface area contributed by atoms with E-state index in [9.17, 15) is 13.2 Å². The van der Waals surface area contributed by atoms with Crippen LogP contribution in [0.4, 0.5) is 11.4 Å². The lowest BCUT2D eigenvalue weighted by Gasteiger charge is -2.13. The van der Waals surface area contributed by atoms with Crippen molar-refractivity contribution in [3.63, 3.8) is 0 Å². The minimum atomic E-state index is -3.73. The first-order valence-corrected chi connectivity index (χ1v) is 9.83. The molecule has 3 rings (SSSR count). The summed E-state index contributed by atoms with van der Waals surface area (Å²) < 4.78 is 27.6. The van der Waals surface area contributed by atoms with Gasteiger partial charge < -0.3 is 5.32 Å². The number of hydrogen-bond donors (Lipinski definition) is 2. The number of hydrogen-bond acceptors (Lipinski definition) is 4. The highest BCUT2D eigenvalue weighted by Crippen LogP contribution is 2.24. The van der Waals surface area contributed by atoms with Crippen LogP contribution >= 0.6 is 11.6 Å². The molecule has 2 N–H and O–H groups in total. The normalized spacial score (nSPS) is 11.0. The van der Waals surface area contributed by atoms with Crippen molar-refractivity contribution in [2.45, 2.75) is 11.8 Å². The summed E-state index contributed by atoms with van der Waals surface area (Å²) >= 11 is 5.72. The summed E-state index contributed by atoms with van der Waals surface area (Å²) in [4.78, 5) is 16.3. The smallest absolute Gasteiger partial charge is 0.261 e. The van der Waals surface area contributed by atoms with Gasteiger partial charge in [-0.1, -0.05) is 35.9 Å². The molecule has 0 radical (unpaired) electrons. The molecule has 138 valence electrons. The Morgan fingerprint density at radius 1 is 1.04 bits per heavy atom. The monoisotopic (exact) mass is 401 g/mol. The lowest BCUT2D eigenvalue weighted by Crippen LogP contribution is -2.15. The predicted molar refractivity (Wildman–Crippen MR) is 106 cm³/mol. The Hall–Kier alpha value is -2.90. The molecule has 0 spiro atoms. The fraction of sp³-hybridized carbons (Fsp3) is 0.0526. The van der Waals surface area contributed by atoms with E-state index in [1.54, 1.807) is 49.4 Å². The van der Waals surface area contributed by atoms with Gasteiger partial charge in [0.15, 0.2) is 0 Å². The maximum absolute atomic E-state index is 12.5. The van der Waals surface area contributed by atoms with Crippen LogP contribution in [0, 0.1) is 6.92 Å². The van der Waals surface area contributed by atoms with E-state index in [1.165, 1.54) is 24.4 Å². The van der Waals surface area contributed by atoms with Gasteiger partial charge in [-0.2, -0.15) is 0 Å². The minimum absolute atomic E-state index is 0.158. The second-order valence-corrected chi connectivity index (χ2v) is 7.84. The largest absolute Gasteiger partial charge is 0.322 e. The van der Waals surface area contributed by atoms with Gasteiger partial charge >= 0.3 is 0 Å². The molecule has 0 aliphatic heterocycles. The highest BCUT2D eigenvalue weighted by molar-refractivity contribution is 7.92. The molecule has 0 aliphatic rings. The lowest BCUT2D eigenvalue weighted by atomic mass is 10.2. The third-order valence-corrected chi connectivity index (χ3v) is 5.39. The summed E-state index contributed by atoms with van der Waals surface area (Å²) in [6.45, 7) is 1.78. The third kappa shape index (κ3) is 4.64. The number of halogens is 1. The Bertz CT molecular complexity index is 1070. The number of rotatable bonds is 5. The molecule has 27 heavy (non-hydrogen) atoms. The number of sulfonamides is 1. The van der Waals surface area contributed by atoms with Crippen LogP contribution in [0.1, 0.15) is 15.9 Å². The highest BCUT2D eigenvalue weighted by Gasteiger charge is 2.15. The van der Waals surface area contributed by atoms with Gasteiger partial charge in [0.25, 0.3) is 15.9 Å². The zero-order valence-electron chi connectivity index (χ0n) is 14.3. The Labute approximate surface area is 162 Å². The van der Waals surface area contributed by atoms with Crippen LogP contribution in [0.3, 0.4) is 0 Å². The van der Waals surface area contributed by atoms with Gasteiger partial charge in [0.05, 0.1) is 16.1 Å². The van der Waals surface area contributed by atoms with Gasteiger partial charge in [-0.25, -0.2) is 13.4 Å². The number of nitrogens with zero attached hydrogens (tertiary/aromatic N) is 1. The average Bonchev–Trinajstić information content (AvgIpc) is 2.65. The fourth-order valence-corrected chi connectivity index (χ4v) is 3.58. The van der Waals surface area contributed by atoms with Crippen LogP contribution in [-0.4, -0.2) is 19.3 Å². The summed E-state index contributed by atoms with van der Waals surface area (Å²) in [6, 6.07) is 16.1. The van der Waals surface area contributed by atoms with Gasteiger partial charge in [0.1, 0.15) is 5.15 Å². The number of pyridine rings is 1. The number of aryl methyl sites for hydroxylation is 1. The van der Waals surface area contributed by atoms with Crippen LogP contribution < -0.4 is 10.0 Å². The molecule has 6 nitrogen and oxygen atoms in total.